The minimum atomic E-state index is -1.44. The Labute approximate surface area is 62.8 Å². The van der Waals surface area contributed by atoms with Crippen LogP contribution in [-0.4, -0.2) is 41.0 Å². The van der Waals surface area contributed by atoms with Crippen LogP contribution >= 0.6 is 0 Å². The molecule has 11 heavy (non-hydrogen) atoms. The first kappa shape index (κ1) is 8.41. The summed E-state index contributed by atoms with van der Waals surface area (Å²) in [7, 11) is 0. The van der Waals surface area contributed by atoms with E-state index in [1.807, 2.05) is 0 Å². The van der Waals surface area contributed by atoms with Gasteiger partial charge in [-0.2, -0.15) is 0 Å². The van der Waals surface area contributed by atoms with Gasteiger partial charge in [0.25, 0.3) is 0 Å². The van der Waals surface area contributed by atoms with Crippen molar-refractivity contribution in [1.29, 1.82) is 0 Å². The van der Waals surface area contributed by atoms with E-state index in [9.17, 15) is 9.90 Å². The number of aliphatic carboxylic acids is 1. The molecule has 0 amide bonds. The number of hydrogen-bond donors (Lipinski definition) is 4. The number of hydrazine groups is 1. The SMILES string of the molecule is O=C([O-])[C@H]1NNC[C@@H](O)[C@@H]1O. The molecule has 0 aromatic carbocycles. The molecule has 1 aliphatic rings. The molecule has 6 heteroatoms. The van der Waals surface area contributed by atoms with Gasteiger partial charge in [-0.15, -0.1) is 0 Å². The summed E-state index contributed by atoms with van der Waals surface area (Å²) in [4.78, 5) is 10.2. The predicted octanol–water partition coefficient (Wildman–Crippen LogP) is -4.07. The fraction of sp³-hybridized carbons (Fsp3) is 0.800. The molecule has 3 atom stereocenters. The van der Waals surface area contributed by atoms with Crippen molar-refractivity contribution in [3.05, 3.63) is 0 Å². The van der Waals surface area contributed by atoms with Gasteiger partial charge in [-0.05, 0) is 0 Å². The molecule has 0 bridgehead atoms. The lowest BCUT2D eigenvalue weighted by molar-refractivity contribution is -0.312. The smallest absolute Gasteiger partial charge is 0.103 e. The van der Waals surface area contributed by atoms with Gasteiger partial charge in [-0.1, -0.05) is 0 Å². The van der Waals surface area contributed by atoms with Crippen LogP contribution in [0.15, 0.2) is 0 Å². The number of β-amino-alcohol motifs (C(OH)–C–C–N with tert-alkyl or cyclic N) is 1. The Morgan fingerprint density at radius 2 is 2.18 bits per heavy atom. The second-order valence-electron chi connectivity index (χ2n) is 2.38. The maximum Gasteiger partial charge on any atom is 0.103 e. The van der Waals surface area contributed by atoms with E-state index >= 15 is 0 Å². The lowest BCUT2D eigenvalue weighted by Crippen LogP contribution is -2.66. The standard InChI is InChI=1S/C5H10N2O4/c8-2-1-6-7-3(4(2)9)5(10)11/h2-4,6-9H,1H2,(H,10,11)/p-1/t2-,3+,4+/m1/s1. The summed E-state index contributed by atoms with van der Waals surface area (Å²) in [6.07, 6.45) is -2.39. The fourth-order valence-corrected chi connectivity index (χ4v) is 0.900. The topological polar surface area (TPSA) is 105 Å². The summed E-state index contributed by atoms with van der Waals surface area (Å²) >= 11 is 0. The van der Waals surface area contributed by atoms with Crippen LogP contribution in [0.1, 0.15) is 0 Å². The first-order valence-electron chi connectivity index (χ1n) is 3.18. The van der Waals surface area contributed by atoms with Gasteiger partial charge >= 0.3 is 0 Å². The van der Waals surface area contributed by atoms with Crippen molar-refractivity contribution in [2.45, 2.75) is 18.2 Å². The van der Waals surface area contributed by atoms with E-state index in [0.717, 1.165) is 0 Å². The lowest BCUT2D eigenvalue weighted by atomic mass is 10.0. The summed E-state index contributed by atoms with van der Waals surface area (Å²) in [5.41, 5.74) is 4.69. The summed E-state index contributed by atoms with van der Waals surface area (Å²) < 4.78 is 0. The van der Waals surface area contributed by atoms with Crippen LogP contribution in [0.2, 0.25) is 0 Å². The molecule has 1 heterocycles. The van der Waals surface area contributed by atoms with E-state index in [0.29, 0.717) is 0 Å². The van der Waals surface area contributed by atoms with Crippen molar-refractivity contribution >= 4 is 5.97 Å². The molecule has 1 rings (SSSR count). The minimum absolute atomic E-state index is 0.116. The van der Waals surface area contributed by atoms with Crippen molar-refractivity contribution < 1.29 is 20.1 Å². The normalized spacial score (nSPS) is 38.5. The minimum Gasteiger partial charge on any atom is -0.548 e. The molecular weight excluding hydrogens is 152 g/mol. The number of hydrogen-bond acceptors (Lipinski definition) is 6. The van der Waals surface area contributed by atoms with E-state index in [-0.39, 0.29) is 6.54 Å². The molecule has 6 nitrogen and oxygen atoms in total. The van der Waals surface area contributed by atoms with Crippen molar-refractivity contribution in [3.63, 3.8) is 0 Å². The van der Waals surface area contributed by atoms with Gasteiger partial charge in [0.2, 0.25) is 0 Å². The molecule has 0 aromatic heterocycles. The van der Waals surface area contributed by atoms with E-state index < -0.39 is 24.2 Å². The Morgan fingerprint density at radius 3 is 2.64 bits per heavy atom. The molecule has 0 unspecified atom stereocenters. The molecule has 0 radical (unpaired) electrons. The Kier molecular flexibility index (Phi) is 2.40. The quantitative estimate of drug-likeness (QED) is 0.312. The summed E-state index contributed by atoms with van der Waals surface area (Å²) in [5, 5.41) is 28.2. The van der Waals surface area contributed by atoms with Crippen LogP contribution in [0.3, 0.4) is 0 Å². The fourth-order valence-electron chi connectivity index (χ4n) is 0.900. The number of carboxylic acids is 1. The second kappa shape index (κ2) is 3.14. The van der Waals surface area contributed by atoms with E-state index in [4.69, 9.17) is 10.2 Å². The van der Waals surface area contributed by atoms with Gasteiger partial charge in [-0.25, -0.2) is 5.43 Å². The summed E-state index contributed by atoms with van der Waals surface area (Å²) in [6.45, 7) is 0.116. The van der Waals surface area contributed by atoms with Crippen molar-refractivity contribution in [1.82, 2.24) is 10.9 Å². The van der Waals surface area contributed by atoms with Crippen LogP contribution in [0.5, 0.6) is 0 Å². The van der Waals surface area contributed by atoms with Crippen LogP contribution in [0.4, 0.5) is 0 Å². The lowest BCUT2D eigenvalue weighted by Gasteiger charge is -2.33. The molecule has 1 saturated heterocycles. The molecule has 0 spiro atoms. The van der Waals surface area contributed by atoms with Crippen molar-refractivity contribution in [2.24, 2.45) is 0 Å². The third-order valence-corrected chi connectivity index (χ3v) is 1.56. The second-order valence-corrected chi connectivity index (χ2v) is 2.38. The highest BCUT2D eigenvalue weighted by Crippen LogP contribution is 2.01. The average molecular weight is 161 g/mol. The maximum atomic E-state index is 10.2. The average Bonchev–Trinajstić information content (AvgIpc) is 1.94. The summed E-state index contributed by atoms with van der Waals surface area (Å²) in [5.74, 6) is -1.44. The zero-order valence-electron chi connectivity index (χ0n) is 5.65. The third kappa shape index (κ3) is 1.66. The monoisotopic (exact) mass is 161 g/mol. The van der Waals surface area contributed by atoms with Gasteiger partial charge in [0.05, 0.1) is 18.1 Å². The molecule has 1 fully saturated rings. The number of aliphatic hydroxyl groups is 2. The van der Waals surface area contributed by atoms with Gasteiger partial charge in [0, 0.05) is 6.54 Å². The molecule has 0 saturated carbocycles. The number of rotatable bonds is 1. The highest BCUT2D eigenvalue weighted by molar-refractivity contribution is 5.72. The number of aliphatic hydroxyl groups excluding tert-OH is 2. The van der Waals surface area contributed by atoms with Crippen LogP contribution in [-0.2, 0) is 4.79 Å². The Bertz CT molecular complexity index is 163. The molecular formula is C5H9N2O4-. The molecule has 0 aromatic rings. The van der Waals surface area contributed by atoms with Crippen molar-refractivity contribution in [3.8, 4) is 0 Å². The first-order valence-corrected chi connectivity index (χ1v) is 3.18. The molecule has 0 aliphatic carbocycles. The van der Waals surface area contributed by atoms with Crippen LogP contribution < -0.4 is 16.0 Å². The van der Waals surface area contributed by atoms with Gasteiger partial charge < -0.3 is 20.1 Å². The summed E-state index contributed by atoms with van der Waals surface area (Å²) in [6, 6.07) is -1.25. The van der Waals surface area contributed by atoms with Crippen molar-refractivity contribution in [2.75, 3.05) is 6.54 Å². The van der Waals surface area contributed by atoms with Crippen LogP contribution in [0.25, 0.3) is 0 Å². The van der Waals surface area contributed by atoms with Gasteiger partial charge in [0.1, 0.15) is 6.10 Å². The zero-order valence-corrected chi connectivity index (χ0v) is 5.65. The number of carboxylic acid groups (broad SMARTS) is 1. The molecule has 1 aliphatic heterocycles. The zero-order chi connectivity index (χ0) is 8.43. The van der Waals surface area contributed by atoms with E-state index in [1.165, 1.54) is 0 Å². The van der Waals surface area contributed by atoms with E-state index in [2.05, 4.69) is 10.9 Å². The maximum absolute atomic E-state index is 10.2. The Balaban J connectivity index is 2.58. The number of carbonyl (C=O) groups excluding carboxylic acids is 1. The van der Waals surface area contributed by atoms with Gasteiger partial charge in [-0.3, -0.25) is 5.43 Å². The third-order valence-electron chi connectivity index (χ3n) is 1.56. The predicted molar refractivity (Wildman–Crippen MR) is 31.9 cm³/mol. The first-order chi connectivity index (χ1) is 5.13. The highest BCUT2D eigenvalue weighted by Gasteiger charge is 2.30. The van der Waals surface area contributed by atoms with E-state index in [1.54, 1.807) is 0 Å². The Hall–Kier alpha value is -0.690. The number of carbonyl (C=O) groups is 1. The largest absolute Gasteiger partial charge is 0.548 e. The molecule has 4 N–H and O–H groups in total. The molecule has 64 valence electrons. The highest BCUT2D eigenvalue weighted by atomic mass is 16.4. The van der Waals surface area contributed by atoms with Crippen LogP contribution in [0, 0.1) is 0 Å². The Morgan fingerprint density at radius 1 is 1.55 bits per heavy atom. The van der Waals surface area contributed by atoms with Gasteiger partial charge in [0.15, 0.2) is 0 Å². The number of nitrogens with one attached hydrogen (secondary N) is 2.